The maximum absolute atomic E-state index is 12.7. The number of amides is 1. The van der Waals surface area contributed by atoms with E-state index >= 15 is 0 Å². The fraction of sp³-hybridized carbons (Fsp3) is 0.261. The Labute approximate surface area is 181 Å². The van der Waals surface area contributed by atoms with Crippen LogP contribution in [-0.4, -0.2) is 30.3 Å². The summed E-state index contributed by atoms with van der Waals surface area (Å²) in [4.78, 5) is 12.7. The van der Waals surface area contributed by atoms with E-state index in [4.69, 9.17) is 16.3 Å². The van der Waals surface area contributed by atoms with Crippen molar-refractivity contribution < 1.29 is 9.53 Å². The van der Waals surface area contributed by atoms with Gasteiger partial charge in [0.1, 0.15) is 11.8 Å². The minimum Gasteiger partial charge on any atom is -0.495 e. The molecule has 1 heterocycles. The van der Waals surface area contributed by atoms with Crippen molar-refractivity contribution in [1.82, 2.24) is 20.8 Å². The molecule has 1 amide bonds. The Balaban J connectivity index is 1.88. The third-order valence-corrected chi connectivity index (χ3v) is 5.14. The Morgan fingerprint density at radius 1 is 1.13 bits per heavy atom. The third-order valence-electron chi connectivity index (χ3n) is 4.89. The van der Waals surface area contributed by atoms with Gasteiger partial charge >= 0.3 is 0 Å². The molecule has 2 atom stereocenters. The first-order chi connectivity index (χ1) is 14.6. The maximum Gasteiger partial charge on any atom is 0.241 e. The Hall–Kier alpha value is -2.96. The molecule has 6 nitrogen and oxygen atoms in total. The lowest BCUT2D eigenvalue weighted by Crippen LogP contribution is -2.38. The molecule has 0 radical (unpaired) electrons. The van der Waals surface area contributed by atoms with Crippen LogP contribution >= 0.6 is 11.6 Å². The molecular weight excluding hydrogens is 400 g/mol. The van der Waals surface area contributed by atoms with E-state index in [2.05, 4.69) is 20.8 Å². The van der Waals surface area contributed by atoms with Crippen LogP contribution in [0.2, 0.25) is 5.02 Å². The van der Waals surface area contributed by atoms with Crippen molar-refractivity contribution in [2.75, 3.05) is 14.2 Å². The van der Waals surface area contributed by atoms with Gasteiger partial charge in [-0.2, -0.15) is 10.2 Å². The zero-order valence-corrected chi connectivity index (χ0v) is 17.8. The van der Waals surface area contributed by atoms with Gasteiger partial charge in [-0.15, -0.1) is 0 Å². The number of hydrogen-bond donors (Lipinski definition) is 2. The molecular formula is C23H25ClN4O2. The zero-order valence-electron chi connectivity index (χ0n) is 17.0. The number of carbonyl (C=O) groups is 1. The Kier molecular flexibility index (Phi) is 7.76. The van der Waals surface area contributed by atoms with Crippen molar-refractivity contribution in [1.29, 1.82) is 0 Å². The first-order valence-electron chi connectivity index (χ1n) is 9.74. The number of likely N-dealkylation sites (N-methyl/N-ethyl adjacent to an activating group) is 1. The number of hydrogen-bond acceptors (Lipinski definition) is 5. The van der Waals surface area contributed by atoms with Gasteiger partial charge in [0.2, 0.25) is 5.91 Å². The van der Waals surface area contributed by atoms with Crippen LogP contribution in [0.25, 0.3) is 0 Å². The standard InChI is InChI=1S/C23H25ClN4O2/c1-25-23(29)22(17-6-4-3-5-7-17)27-20(21-14-19(30-2)15-26-28-21)13-10-16-8-11-18(24)12-9-16/h3-9,11-12,14-15,20,22,27H,10,13H2,1-2H3,(H,25,29). The van der Waals surface area contributed by atoms with Gasteiger partial charge in [-0.1, -0.05) is 54.1 Å². The predicted octanol–water partition coefficient (Wildman–Crippen LogP) is 3.89. The molecule has 0 aliphatic carbocycles. The van der Waals surface area contributed by atoms with Crippen molar-refractivity contribution in [2.24, 2.45) is 0 Å². The van der Waals surface area contributed by atoms with Gasteiger partial charge < -0.3 is 10.1 Å². The summed E-state index contributed by atoms with van der Waals surface area (Å²) in [7, 11) is 3.22. The fourth-order valence-electron chi connectivity index (χ4n) is 3.24. The van der Waals surface area contributed by atoms with Crippen LogP contribution in [0.4, 0.5) is 0 Å². The molecule has 3 aromatic rings. The molecule has 0 spiro atoms. The molecule has 0 bridgehead atoms. The van der Waals surface area contributed by atoms with Crippen molar-refractivity contribution in [2.45, 2.75) is 24.9 Å². The number of benzene rings is 2. The molecule has 2 N–H and O–H groups in total. The molecule has 0 aliphatic heterocycles. The van der Waals surface area contributed by atoms with Crippen LogP contribution < -0.4 is 15.4 Å². The van der Waals surface area contributed by atoms with Crippen molar-refractivity contribution in [3.05, 3.63) is 88.7 Å². The molecule has 2 aromatic carbocycles. The Bertz CT molecular complexity index is 951. The van der Waals surface area contributed by atoms with E-state index in [-0.39, 0.29) is 11.9 Å². The van der Waals surface area contributed by atoms with E-state index in [0.29, 0.717) is 22.9 Å². The number of ether oxygens (including phenoxy) is 1. The molecule has 0 fully saturated rings. The highest BCUT2D eigenvalue weighted by Crippen LogP contribution is 2.25. The van der Waals surface area contributed by atoms with E-state index in [1.54, 1.807) is 20.4 Å². The van der Waals surface area contributed by atoms with E-state index in [0.717, 1.165) is 17.5 Å². The minimum atomic E-state index is -0.528. The normalized spacial score (nSPS) is 12.8. The second-order valence-electron chi connectivity index (χ2n) is 6.86. The largest absolute Gasteiger partial charge is 0.495 e. The number of nitrogens with one attached hydrogen (secondary N) is 2. The number of nitrogens with zero attached hydrogens (tertiary/aromatic N) is 2. The van der Waals surface area contributed by atoms with Crippen LogP contribution in [0.1, 0.15) is 35.3 Å². The number of aromatic nitrogens is 2. The van der Waals surface area contributed by atoms with Crippen LogP contribution in [0.3, 0.4) is 0 Å². The molecule has 156 valence electrons. The molecule has 0 aliphatic rings. The summed E-state index contributed by atoms with van der Waals surface area (Å²) >= 11 is 6.00. The van der Waals surface area contributed by atoms with Crippen molar-refractivity contribution in [3.63, 3.8) is 0 Å². The molecule has 1 aromatic heterocycles. The van der Waals surface area contributed by atoms with Gasteiger partial charge in [0.05, 0.1) is 25.0 Å². The SMILES string of the molecule is CNC(=O)C(NC(CCc1ccc(Cl)cc1)c1cc(OC)cnn1)c1ccccc1. The van der Waals surface area contributed by atoms with Gasteiger partial charge in [0.25, 0.3) is 0 Å². The first kappa shape index (κ1) is 21.7. The predicted molar refractivity (Wildman–Crippen MR) is 117 cm³/mol. The lowest BCUT2D eigenvalue weighted by Gasteiger charge is -2.25. The van der Waals surface area contributed by atoms with Crippen molar-refractivity contribution >= 4 is 17.5 Å². The molecule has 3 rings (SSSR count). The van der Waals surface area contributed by atoms with Crippen LogP contribution in [0, 0.1) is 0 Å². The number of halogens is 1. The van der Waals surface area contributed by atoms with Crippen molar-refractivity contribution in [3.8, 4) is 5.75 Å². The van der Waals surface area contributed by atoms with E-state index in [1.807, 2.05) is 60.7 Å². The minimum absolute atomic E-state index is 0.117. The van der Waals surface area contributed by atoms with E-state index in [9.17, 15) is 4.79 Å². The van der Waals surface area contributed by atoms with Gasteiger partial charge in [0, 0.05) is 18.1 Å². The first-order valence-corrected chi connectivity index (χ1v) is 10.1. The summed E-state index contributed by atoms with van der Waals surface area (Å²) in [5.74, 6) is 0.503. The summed E-state index contributed by atoms with van der Waals surface area (Å²) in [5.41, 5.74) is 2.75. The highest BCUT2D eigenvalue weighted by molar-refractivity contribution is 6.30. The second-order valence-corrected chi connectivity index (χ2v) is 7.30. The average Bonchev–Trinajstić information content (AvgIpc) is 2.80. The monoisotopic (exact) mass is 424 g/mol. The number of aryl methyl sites for hydroxylation is 1. The maximum atomic E-state index is 12.7. The molecule has 0 saturated heterocycles. The molecule has 30 heavy (non-hydrogen) atoms. The quantitative estimate of drug-likeness (QED) is 0.545. The van der Waals surface area contributed by atoms with Crippen LogP contribution in [0.15, 0.2) is 66.9 Å². The number of rotatable bonds is 9. The molecule has 0 saturated carbocycles. The summed E-state index contributed by atoms with van der Waals surface area (Å²) in [5, 5.41) is 15.3. The summed E-state index contributed by atoms with van der Waals surface area (Å²) in [6, 6.07) is 18.5. The Morgan fingerprint density at radius 3 is 2.53 bits per heavy atom. The van der Waals surface area contributed by atoms with Crippen LogP contribution in [0.5, 0.6) is 5.75 Å². The van der Waals surface area contributed by atoms with Gasteiger partial charge in [0.15, 0.2) is 0 Å². The molecule has 7 heteroatoms. The lowest BCUT2D eigenvalue weighted by molar-refractivity contribution is -0.123. The van der Waals surface area contributed by atoms with Gasteiger partial charge in [-0.05, 0) is 36.1 Å². The third kappa shape index (κ3) is 5.78. The summed E-state index contributed by atoms with van der Waals surface area (Å²) < 4.78 is 5.31. The Morgan fingerprint density at radius 2 is 1.87 bits per heavy atom. The highest BCUT2D eigenvalue weighted by Gasteiger charge is 2.25. The summed E-state index contributed by atoms with van der Waals surface area (Å²) in [6.45, 7) is 0. The van der Waals surface area contributed by atoms with E-state index in [1.165, 1.54) is 0 Å². The zero-order chi connectivity index (χ0) is 21.3. The fourth-order valence-corrected chi connectivity index (χ4v) is 3.37. The van der Waals surface area contributed by atoms with Gasteiger partial charge in [-0.3, -0.25) is 10.1 Å². The van der Waals surface area contributed by atoms with E-state index < -0.39 is 6.04 Å². The number of methoxy groups -OCH3 is 1. The molecule has 2 unspecified atom stereocenters. The second kappa shape index (κ2) is 10.7. The topological polar surface area (TPSA) is 76.1 Å². The lowest BCUT2D eigenvalue weighted by atomic mass is 9.99. The highest BCUT2D eigenvalue weighted by atomic mass is 35.5. The summed E-state index contributed by atoms with van der Waals surface area (Å²) in [6.07, 6.45) is 3.06. The van der Waals surface area contributed by atoms with Crippen LogP contribution in [-0.2, 0) is 11.2 Å². The number of carbonyl (C=O) groups excluding carboxylic acids is 1. The van der Waals surface area contributed by atoms with Gasteiger partial charge in [-0.25, -0.2) is 0 Å². The average molecular weight is 425 g/mol. The smallest absolute Gasteiger partial charge is 0.241 e.